The highest BCUT2D eigenvalue weighted by Gasteiger charge is 2.21. The number of benzene rings is 2. The van der Waals surface area contributed by atoms with Crippen LogP contribution in [0.25, 0.3) is 6.08 Å². The van der Waals surface area contributed by atoms with Crippen LogP contribution in [-0.2, 0) is 11.3 Å². The van der Waals surface area contributed by atoms with E-state index in [1.165, 1.54) is 0 Å². The molecule has 1 aromatic heterocycles. The number of anilines is 1. The molecule has 0 unspecified atom stereocenters. The van der Waals surface area contributed by atoms with E-state index in [1.54, 1.807) is 16.9 Å². The lowest BCUT2D eigenvalue weighted by Crippen LogP contribution is -2.23. The Morgan fingerprint density at radius 1 is 1.18 bits per heavy atom. The fourth-order valence-corrected chi connectivity index (χ4v) is 3.10. The van der Waals surface area contributed by atoms with Crippen LogP contribution in [0.4, 0.5) is 5.82 Å². The van der Waals surface area contributed by atoms with Crippen LogP contribution >= 0.6 is 0 Å². The van der Waals surface area contributed by atoms with Crippen molar-refractivity contribution in [2.45, 2.75) is 13.5 Å². The Kier molecular flexibility index (Phi) is 5.10. The smallest absolute Gasteiger partial charge is 0.256 e. The predicted molar refractivity (Wildman–Crippen MR) is 107 cm³/mol. The number of para-hydroxylation sites is 1. The lowest BCUT2D eigenvalue weighted by atomic mass is 10.1. The van der Waals surface area contributed by atoms with Crippen molar-refractivity contribution in [3.63, 3.8) is 0 Å². The molecule has 6 nitrogen and oxygen atoms in total. The van der Waals surface area contributed by atoms with Gasteiger partial charge in [-0.05, 0) is 24.6 Å². The topological polar surface area (TPSA) is 65.4 Å². The number of ether oxygens (including phenoxy) is 2. The molecule has 0 fully saturated rings. The molecule has 0 radical (unpaired) electrons. The highest BCUT2D eigenvalue weighted by molar-refractivity contribution is 6.07. The lowest BCUT2D eigenvalue weighted by Gasteiger charge is -2.20. The molecule has 4 rings (SSSR count). The molecule has 0 saturated carbocycles. The minimum absolute atomic E-state index is 0.190. The summed E-state index contributed by atoms with van der Waals surface area (Å²) >= 11 is 0. The van der Waals surface area contributed by atoms with Crippen LogP contribution in [-0.4, -0.2) is 28.9 Å². The van der Waals surface area contributed by atoms with Gasteiger partial charge in [0.2, 0.25) is 0 Å². The summed E-state index contributed by atoms with van der Waals surface area (Å²) in [7, 11) is 0. The van der Waals surface area contributed by atoms with Gasteiger partial charge in [0.05, 0.1) is 24.9 Å². The molecule has 3 aromatic rings. The lowest BCUT2D eigenvalue weighted by molar-refractivity contribution is -0.113. The maximum atomic E-state index is 12.8. The van der Waals surface area contributed by atoms with E-state index in [-0.39, 0.29) is 12.5 Å². The average molecular weight is 375 g/mol. The average Bonchev–Trinajstić information content (AvgIpc) is 3.15. The van der Waals surface area contributed by atoms with Crippen LogP contribution in [0.3, 0.4) is 0 Å². The summed E-state index contributed by atoms with van der Waals surface area (Å²) < 4.78 is 13.2. The van der Waals surface area contributed by atoms with Gasteiger partial charge in [0.25, 0.3) is 5.91 Å². The fraction of sp³-hybridized carbons (Fsp3) is 0.182. The Morgan fingerprint density at radius 3 is 2.86 bits per heavy atom. The highest BCUT2D eigenvalue weighted by atomic mass is 16.5. The summed E-state index contributed by atoms with van der Waals surface area (Å²) in [5.74, 6) is 1.80. The van der Waals surface area contributed by atoms with Gasteiger partial charge >= 0.3 is 0 Å². The molecule has 2 heterocycles. The van der Waals surface area contributed by atoms with E-state index >= 15 is 0 Å². The first-order valence-electron chi connectivity index (χ1n) is 9.21. The number of carbonyl (C=O) groups is 1. The maximum absolute atomic E-state index is 12.8. The van der Waals surface area contributed by atoms with E-state index in [0.717, 1.165) is 11.1 Å². The third-order valence-electron chi connectivity index (χ3n) is 4.44. The molecule has 0 saturated heterocycles. The van der Waals surface area contributed by atoms with Gasteiger partial charge in [0.15, 0.2) is 11.5 Å². The minimum Gasteiger partial charge on any atom is -0.490 e. The molecule has 1 aliphatic heterocycles. The van der Waals surface area contributed by atoms with Crippen molar-refractivity contribution in [2.75, 3.05) is 18.5 Å². The van der Waals surface area contributed by atoms with Crippen LogP contribution in [0.2, 0.25) is 0 Å². The first-order valence-corrected chi connectivity index (χ1v) is 9.21. The summed E-state index contributed by atoms with van der Waals surface area (Å²) in [5, 5.41) is 7.25. The second kappa shape index (κ2) is 8.00. The van der Waals surface area contributed by atoms with E-state index in [0.29, 0.717) is 36.0 Å². The summed E-state index contributed by atoms with van der Waals surface area (Å²) in [5.41, 5.74) is 2.49. The van der Waals surface area contributed by atoms with Crippen molar-refractivity contribution in [3.05, 3.63) is 77.5 Å². The van der Waals surface area contributed by atoms with Crippen LogP contribution in [0.1, 0.15) is 18.1 Å². The zero-order valence-electron chi connectivity index (χ0n) is 15.6. The molecule has 0 aliphatic carbocycles. The third-order valence-corrected chi connectivity index (χ3v) is 4.44. The number of hydrogen-bond acceptors (Lipinski definition) is 4. The van der Waals surface area contributed by atoms with Gasteiger partial charge in [-0.3, -0.25) is 4.79 Å². The van der Waals surface area contributed by atoms with E-state index in [2.05, 4.69) is 10.4 Å². The Morgan fingerprint density at radius 2 is 2.04 bits per heavy atom. The highest BCUT2D eigenvalue weighted by Crippen LogP contribution is 2.35. The molecule has 0 spiro atoms. The molecular weight excluding hydrogens is 354 g/mol. The fourth-order valence-electron chi connectivity index (χ4n) is 3.10. The van der Waals surface area contributed by atoms with Gasteiger partial charge in [-0.25, -0.2) is 4.68 Å². The molecule has 1 amide bonds. The van der Waals surface area contributed by atoms with Crippen LogP contribution in [0, 0.1) is 0 Å². The van der Waals surface area contributed by atoms with Crippen molar-refractivity contribution in [1.29, 1.82) is 0 Å². The van der Waals surface area contributed by atoms with E-state index < -0.39 is 0 Å². The zero-order chi connectivity index (χ0) is 19.3. The SMILES string of the molecule is CCOc1cccc2c1OCC(C(=O)Nc1ccnn1Cc1ccccc1)=C2. The number of hydrogen-bond donors (Lipinski definition) is 1. The van der Waals surface area contributed by atoms with Crippen LogP contribution < -0.4 is 14.8 Å². The van der Waals surface area contributed by atoms with Gasteiger partial charge in [-0.2, -0.15) is 5.10 Å². The molecule has 1 aliphatic rings. The molecule has 0 atom stereocenters. The van der Waals surface area contributed by atoms with Crippen molar-refractivity contribution in [1.82, 2.24) is 9.78 Å². The zero-order valence-corrected chi connectivity index (χ0v) is 15.6. The van der Waals surface area contributed by atoms with Crippen LogP contribution in [0.5, 0.6) is 11.5 Å². The molecule has 2 aromatic carbocycles. The van der Waals surface area contributed by atoms with E-state index in [9.17, 15) is 4.79 Å². The Labute approximate surface area is 163 Å². The summed E-state index contributed by atoms with van der Waals surface area (Å²) in [6.07, 6.45) is 3.52. The number of carbonyl (C=O) groups excluding carboxylic acids is 1. The first-order chi connectivity index (χ1) is 13.7. The van der Waals surface area contributed by atoms with E-state index in [1.807, 2.05) is 61.5 Å². The Bertz CT molecular complexity index is 1010. The molecule has 1 N–H and O–H groups in total. The summed E-state index contributed by atoms with van der Waals surface area (Å²) in [6, 6.07) is 17.4. The quantitative estimate of drug-likeness (QED) is 0.713. The second-order valence-electron chi connectivity index (χ2n) is 6.38. The molecule has 142 valence electrons. The van der Waals surface area contributed by atoms with Crippen molar-refractivity contribution >= 4 is 17.8 Å². The standard InChI is InChI=1S/C22H21N3O3/c1-2-27-19-10-6-9-17-13-18(15-28-21(17)19)22(26)24-20-11-12-23-25(20)14-16-7-4-3-5-8-16/h3-13H,2,14-15H2,1H3,(H,24,26). The van der Waals surface area contributed by atoms with Gasteiger partial charge in [-0.15, -0.1) is 0 Å². The number of amides is 1. The monoisotopic (exact) mass is 375 g/mol. The second-order valence-corrected chi connectivity index (χ2v) is 6.38. The van der Waals surface area contributed by atoms with Gasteiger partial charge in [0, 0.05) is 11.6 Å². The largest absolute Gasteiger partial charge is 0.490 e. The van der Waals surface area contributed by atoms with Gasteiger partial charge in [0.1, 0.15) is 12.4 Å². The normalized spacial score (nSPS) is 12.5. The number of aromatic nitrogens is 2. The number of nitrogens with one attached hydrogen (secondary N) is 1. The third kappa shape index (κ3) is 3.76. The predicted octanol–water partition coefficient (Wildman–Crippen LogP) is 3.74. The van der Waals surface area contributed by atoms with Gasteiger partial charge in [-0.1, -0.05) is 42.5 Å². The van der Waals surface area contributed by atoms with Crippen molar-refractivity contribution in [2.24, 2.45) is 0 Å². The first kappa shape index (κ1) is 17.9. The summed E-state index contributed by atoms with van der Waals surface area (Å²) in [6.45, 7) is 3.26. The number of rotatable bonds is 6. The number of nitrogens with zero attached hydrogens (tertiary/aromatic N) is 2. The number of fused-ring (bicyclic) bond motifs is 1. The molecular formula is C22H21N3O3. The molecule has 6 heteroatoms. The minimum atomic E-state index is -0.206. The summed E-state index contributed by atoms with van der Waals surface area (Å²) in [4.78, 5) is 12.8. The Hall–Kier alpha value is -3.54. The van der Waals surface area contributed by atoms with Crippen LogP contribution in [0.15, 0.2) is 66.4 Å². The van der Waals surface area contributed by atoms with Crippen molar-refractivity contribution < 1.29 is 14.3 Å². The van der Waals surface area contributed by atoms with Gasteiger partial charge < -0.3 is 14.8 Å². The Balaban J connectivity index is 1.51. The van der Waals surface area contributed by atoms with E-state index in [4.69, 9.17) is 9.47 Å². The molecule has 28 heavy (non-hydrogen) atoms. The molecule has 0 bridgehead atoms. The maximum Gasteiger partial charge on any atom is 0.256 e. The van der Waals surface area contributed by atoms with Crippen molar-refractivity contribution in [3.8, 4) is 11.5 Å².